The fraction of sp³-hybridized carbons (Fsp3) is 0.424. The van der Waals surface area contributed by atoms with E-state index >= 15 is 0 Å². The average molecular weight is 522 g/mol. The van der Waals surface area contributed by atoms with Crippen molar-refractivity contribution in [1.29, 1.82) is 0 Å². The predicted molar refractivity (Wildman–Crippen MR) is 157 cm³/mol. The lowest BCUT2D eigenvalue weighted by atomic mass is 9.78. The lowest BCUT2D eigenvalue weighted by molar-refractivity contribution is 0.231. The van der Waals surface area contributed by atoms with Crippen molar-refractivity contribution >= 4 is 16.7 Å². The van der Waals surface area contributed by atoms with E-state index < -0.39 is 0 Å². The first-order chi connectivity index (χ1) is 19.1. The Balaban J connectivity index is 0.932. The van der Waals surface area contributed by atoms with Crippen LogP contribution in [-0.2, 0) is 13.0 Å². The number of nitrogens with zero attached hydrogens (tertiary/aromatic N) is 4. The van der Waals surface area contributed by atoms with Crippen LogP contribution in [0, 0.1) is 17.3 Å². The van der Waals surface area contributed by atoms with Crippen molar-refractivity contribution in [2.75, 3.05) is 25.5 Å². The second kappa shape index (κ2) is 11.3. The molecule has 6 rings (SSSR count). The van der Waals surface area contributed by atoms with Gasteiger partial charge < -0.3 is 15.0 Å². The van der Waals surface area contributed by atoms with Crippen molar-refractivity contribution in [2.24, 2.45) is 17.3 Å². The van der Waals surface area contributed by atoms with Gasteiger partial charge in [0, 0.05) is 44.7 Å². The zero-order chi connectivity index (χ0) is 26.7. The van der Waals surface area contributed by atoms with Gasteiger partial charge in [-0.25, -0.2) is 15.0 Å². The van der Waals surface area contributed by atoms with Crippen molar-refractivity contribution in [3.05, 3.63) is 84.3 Å². The highest BCUT2D eigenvalue weighted by molar-refractivity contribution is 5.89. The van der Waals surface area contributed by atoms with Crippen molar-refractivity contribution in [3.63, 3.8) is 0 Å². The third-order valence-corrected chi connectivity index (χ3v) is 8.75. The van der Waals surface area contributed by atoms with Crippen LogP contribution in [0.3, 0.4) is 0 Å². The minimum Gasteiger partial charge on any atom is -0.439 e. The standard InChI is InChI=1S/C33H39N5O/c1-38(2)32-28-10-6-7-11-29(28)36-30(37-32)14-13-26-20-33(26)18-16-24(17-19-33)21-34-22-25-12-15-31(35-23-25)39-27-8-4-3-5-9-27/h3-12,15,23-24,26,34H,13-14,16-22H2,1-2H3. The summed E-state index contributed by atoms with van der Waals surface area (Å²) in [6, 6.07) is 22.2. The molecule has 6 heteroatoms. The maximum atomic E-state index is 5.80. The molecule has 1 atom stereocenters. The highest BCUT2D eigenvalue weighted by Crippen LogP contribution is 2.63. The number of aryl methyl sites for hydroxylation is 1. The molecule has 0 bridgehead atoms. The summed E-state index contributed by atoms with van der Waals surface area (Å²) < 4.78 is 5.80. The topological polar surface area (TPSA) is 63.2 Å². The van der Waals surface area contributed by atoms with E-state index in [1.807, 2.05) is 42.6 Å². The fourth-order valence-electron chi connectivity index (χ4n) is 6.38. The summed E-state index contributed by atoms with van der Waals surface area (Å²) in [5.41, 5.74) is 2.84. The molecule has 1 N–H and O–H groups in total. The summed E-state index contributed by atoms with van der Waals surface area (Å²) >= 11 is 0. The molecule has 202 valence electrons. The Hall–Kier alpha value is -3.51. The number of fused-ring (bicyclic) bond motifs is 1. The second-order valence-corrected chi connectivity index (χ2v) is 11.7. The quantitative estimate of drug-likeness (QED) is 0.248. The summed E-state index contributed by atoms with van der Waals surface area (Å²) in [5.74, 6) is 5.08. The average Bonchev–Trinajstić information content (AvgIpc) is 3.65. The number of anilines is 1. The Morgan fingerprint density at radius 3 is 2.51 bits per heavy atom. The number of aromatic nitrogens is 3. The van der Waals surface area contributed by atoms with Crippen molar-refractivity contribution in [1.82, 2.24) is 20.3 Å². The molecule has 0 radical (unpaired) electrons. The zero-order valence-corrected chi connectivity index (χ0v) is 23.1. The SMILES string of the molecule is CN(C)c1nc(CCC2CC23CCC(CNCc2ccc(Oc4ccccc4)nc2)CC3)nc2ccccc12. The first kappa shape index (κ1) is 25.8. The summed E-state index contributed by atoms with van der Waals surface area (Å²) in [6.07, 6.45) is 10.9. The van der Waals surface area contributed by atoms with E-state index in [1.54, 1.807) is 0 Å². The first-order valence-corrected chi connectivity index (χ1v) is 14.4. The van der Waals surface area contributed by atoms with Crippen LogP contribution in [0.5, 0.6) is 11.6 Å². The minimum absolute atomic E-state index is 0.593. The van der Waals surface area contributed by atoms with Crippen LogP contribution in [0.2, 0.25) is 0 Å². The molecule has 0 saturated heterocycles. The molecule has 2 aromatic carbocycles. The summed E-state index contributed by atoms with van der Waals surface area (Å²) in [4.78, 5) is 16.4. The maximum absolute atomic E-state index is 5.80. The molecular weight excluding hydrogens is 482 g/mol. The lowest BCUT2D eigenvalue weighted by Crippen LogP contribution is -2.27. The first-order valence-electron chi connectivity index (χ1n) is 14.4. The van der Waals surface area contributed by atoms with Crippen molar-refractivity contribution < 1.29 is 4.74 Å². The Labute approximate surface area is 231 Å². The van der Waals surface area contributed by atoms with E-state index in [-0.39, 0.29) is 0 Å². The summed E-state index contributed by atoms with van der Waals surface area (Å²) in [7, 11) is 4.13. The predicted octanol–water partition coefficient (Wildman–Crippen LogP) is 6.80. The number of nitrogens with one attached hydrogen (secondary N) is 1. The van der Waals surface area contributed by atoms with Gasteiger partial charge >= 0.3 is 0 Å². The molecule has 2 aromatic heterocycles. The Bertz CT molecular complexity index is 1380. The van der Waals surface area contributed by atoms with Crippen LogP contribution >= 0.6 is 0 Å². The summed E-state index contributed by atoms with van der Waals surface area (Å²) in [6.45, 7) is 1.94. The molecule has 2 fully saturated rings. The van der Waals surface area contributed by atoms with Gasteiger partial charge in [-0.05, 0) is 92.1 Å². The van der Waals surface area contributed by atoms with Gasteiger partial charge in [0.25, 0.3) is 0 Å². The third kappa shape index (κ3) is 6.06. The van der Waals surface area contributed by atoms with Gasteiger partial charge in [0.05, 0.1) is 5.52 Å². The van der Waals surface area contributed by atoms with Crippen LogP contribution in [0.15, 0.2) is 72.9 Å². The maximum Gasteiger partial charge on any atom is 0.219 e. The molecule has 2 aliphatic rings. The van der Waals surface area contributed by atoms with E-state index in [9.17, 15) is 0 Å². The van der Waals surface area contributed by atoms with Gasteiger partial charge in [-0.2, -0.15) is 0 Å². The molecule has 0 aliphatic heterocycles. The van der Waals surface area contributed by atoms with Gasteiger partial charge in [-0.1, -0.05) is 36.4 Å². The van der Waals surface area contributed by atoms with Crippen LogP contribution in [-0.4, -0.2) is 35.6 Å². The Morgan fingerprint density at radius 1 is 0.949 bits per heavy atom. The van der Waals surface area contributed by atoms with Gasteiger partial charge in [0.2, 0.25) is 5.88 Å². The largest absolute Gasteiger partial charge is 0.439 e. The molecule has 39 heavy (non-hydrogen) atoms. The second-order valence-electron chi connectivity index (χ2n) is 11.7. The molecule has 1 unspecified atom stereocenters. The highest BCUT2D eigenvalue weighted by Gasteiger charge is 2.53. The smallest absolute Gasteiger partial charge is 0.219 e. The molecule has 0 amide bonds. The lowest BCUT2D eigenvalue weighted by Gasteiger charge is -2.30. The van der Waals surface area contributed by atoms with Crippen molar-refractivity contribution in [3.8, 4) is 11.6 Å². The molecule has 6 nitrogen and oxygen atoms in total. The van der Waals surface area contributed by atoms with E-state index in [0.717, 1.165) is 59.6 Å². The van der Waals surface area contributed by atoms with Gasteiger partial charge in [0.1, 0.15) is 17.4 Å². The van der Waals surface area contributed by atoms with Crippen LogP contribution in [0.25, 0.3) is 10.9 Å². The number of benzene rings is 2. The molecular formula is C33H39N5O. The molecule has 2 saturated carbocycles. The van der Waals surface area contributed by atoms with Gasteiger partial charge in [-0.15, -0.1) is 0 Å². The normalized spacial score (nSPS) is 22.2. The van der Waals surface area contributed by atoms with Crippen LogP contribution in [0.1, 0.15) is 49.9 Å². The van der Waals surface area contributed by atoms with E-state index in [2.05, 4.69) is 59.6 Å². The van der Waals surface area contributed by atoms with E-state index in [0.29, 0.717) is 11.3 Å². The van der Waals surface area contributed by atoms with E-state index in [4.69, 9.17) is 14.7 Å². The number of hydrogen-bond donors (Lipinski definition) is 1. The Morgan fingerprint density at radius 2 is 1.74 bits per heavy atom. The highest BCUT2D eigenvalue weighted by atomic mass is 16.5. The molecule has 2 aliphatic carbocycles. The zero-order valence-electron chi connectivity index (χ0n) is 23.1. The Kier molecular flexibility index (Phi) is 7.47. The number of rotatable bonds is 10. The minimum atomic E-state index is 0.593. The van der Waals surface area contributed by atoms with Gasteiger partial charge in [0.15, 0.2) is 0 Å². The molecule has 4 aromatic rings. The number of pyridine rings is 1. The summed E-state index contributed by atoms with van der Waals surface area (Å²) in [5, 5.41) is 4.80. The monoisotopic (exact) mass is 521 g/mol. The van der Waals surface area contributed by atoms with Crippen LogP contribution in [0.4, 0.5) is 5.82 Å². The van der Waals surface area contributed by atoms with Crippen LogP contribution < -0.4 is 15.0 Å². The third-order valence-electron chi connectivity index (χ3n) is 8.75. The number of hydrogen-bond acceptors (Lipinski definition) is 6. The fourth-order valence-corrected chi connectivity index (χ4v) is 6.38. The molecule has 1 spiro atoms. The number of para-hydroxylation sites is 2. The van der Waals surface area contributed by atoms with E-state index in [1.165, 1.54) is 44.1 Å². The van der Waals surface area contributed by atoms with Crippen molar-refractivity contribution in [2.45, 2.75) is 51.5 Å². The number of ether oxygens (including phenoxy) is 1. The van der Waals surface area contributed by atoms with Gasteiger partial charge in [-0.3, -0.25) is 0 Å². The molecule has 2 heterocycles.